The summed E-state index contributed by atoms with van der Waals surface area (Å²) in [5.41, 5.74) is 7.77. The van der Waals surface area contributed by atoms with Crippen molar-refractivity contribution in [2.24, 2.45) is 5.73 Å². The minimum atomic E-state index is -0.142. The molecule has 2 atom stereocenters. The monoisotopic (exact) mass is 318 g/mol. The Morgan fingerprint density at radius 1 is 1.55 bits per heavy atom. The highest BCUT2D eigenvalue weighted by Crippen LogP contribution is 2.28. The van der Waals surface area contributed by atoms with E-state index in [0.717, 1.165) is 28.7 Å². The molecular formula is C16H19ClN4O. The van der Waals surface area contributed by atoms with Crippen LogP contribution in [0.25, 0.3) is 10.9 Å². The number of halogens is 1. The number of nitrogens with two attached hydrogens (primary N) is 1. The van der Waals surface area contributed by atoms with Crippen molar-refractivity contribution in [2.75, 3.05) is 11.9 Å². The van der Waals surface area contributed by atoms with Crippen molar-refractivity contribution in [1.82, 2.24) is 10.3 Å². The molecule has 5 nitrogen and oxygen atoms in total. The van der Waals surface area contributed by atoms with Crippen LogP contribution in [0.15, 0.2) is 24.3 Å². The minimum absolute atomic E-state index is 0.105. The number of carbonyl (C=O) groups is 1. The lowest BCUT2D eigenvalue weighted by Crippen LogP contribution is -2.32. The van der Waals surface area contributed by atoms with Gasteiger partial charge in [0.15, 0.2) is 0 Å². The third-order valence-corrected chi connectivity index (χ3v) is 4.22. The zero-order valence-corrected chi connectivity index (χ0v) is 13.2. The molecule has 0 saturated carbocycles. The van der Waals surface area contributed by atoms with E-state index in [2.05, 4.69) is 15.6 Å². The maximum absolute atomic E-state index is 11.3. The Hall–Kier alpha value is -1.85. The first-order valence-corrected chi connectivity index (χ1v) is 7.80. The molecule has 0 aliphatic carbocycles. The van der Waals surface area contributed by atoms with Crippen LogP contribution in [0, 0.1) is 0 Å². The first-order chi connectivity index (χ1) is 10.5. The van der Waals surface area contributed by atoms with Crippen LogP contribution < -0.4 is 16.4 Å². The lowest BCUT2D eigenvalue weighted by molar-refractivity contribution is -0.119. The molecule has 6 heteroatoms. The van der Waals surface area contributed by atoms with Gasteiger partial charge >= 0.3 is 0 Å². The fourth-order valence-corrected chi connectivity index (χ4v) is 2.94. The van der Waals surface area contributed by atoms with Crippen molar-refractivity contribution in [2.45, 2.75) is 31.8 Å². The van der Waals surface area contributed by atoms with Crippen LogP contribution >= 0.6 is 11.6 Å². The summed E-state index contributed by atoms with van der Waals surface area (Å²) in [4.78, 5) is 15.9. The van der Waals surface area contributed by atoms with Crippen molar-refractivity contribution < 1.29 is 4.79 Å². The molecule has 1 amide bonds. The molecule has 2 heterocycles. The van der Waals surface area contributed by atoms with Gasteiger partial charge < -0.3 is 16.4 Å². The van der Waals surface area contributed by atoms with Crippen LogP contribution in [0.4, 0.5) is 5.82 Å². The normalized spacial score (nSPS) is 19.2. The maximum atomic E-state index is 11.3. The van der Waals surface area contributed by atoms with Crippen molar-refractivity contribution >= 4 is 34.2 Å². The van der Waals surface area contributed by atoms with E-state index in [-0.39, 0.29) is 18.0 Å². The number of para-hydroxylation sites is 1. The number of fused-ring (bicyclic) bond motifs is 1. The van der Waals surface area contributed by atoms with Gasteiger partial charge in [-0.2, -0.15) is 0 Å². The van der Waals surface area contributed by atoms with Crippen LogP contribution in [0.3, 0.4) is 0 Å². The minimum Gasteiger partial charge on any atom is -0.368 e. The number of nitrogens with one attached hydrogen (secondary N) is 2. The van der Waals surface area contributed by atoms with Gasteiger partial charge in [-0.25, -0.2) is 4.98 Å². The van der Waals surface area contributed by atoms with Gasteiger partial charge in [-0.1, -0.05) is 23.7 Å². The average molecular weight is 319 g/mol. The van der Waals surface area contributed by atoms with Gasteiger partial charge in [0.2, 0.25) is 5.91 Å². The van der Waals surface area contributed by atoms with Crippen molar-refractivity contribution in [1.29, 1.82) is 0 Å². The molecule has 0 radical (unpaired) electrons. The summed E-state index contributed by atoms with van der Waals surface area (Å²) in [5.74, 6) is 0.838. The van der Waals surface area contributed by atoms with Gasteiger partial charge in [-0.15, -0.1) is 0 Å². The summed E-state index contributed by atoms with van der Waals surface area (Å²) in [6.45, 7) is 2.56. The molecule has 116 valence electrons. The maximum Gasteiger partial charge on any atom is 0.220 e. The van der Waals surface area contributed by atoms with Crippen molar-refractivity contribution in [3.63, 3.8) is 0 Å². The van der Waals surface area contributed by atoms with E-state index in [9.17, 15) is 4.79 Å². The number of pyridine rings is 1. The number of anilines is 1. The van der Waals surface area contributed by atoms with Crippen LogP contribution in [0.1, 0.15) is 31.4 Å². The fourth-order valence-electron chi connectivity index (χ4n) is 2.72. The molecule has 0 bridgehead atoms. The third-order valence-electron chi connectivity index (χ3n) is 3.92. The van der Waals surface area contributed by atoms with Crippen LogP contribution in [-0.4, -0.2) is 23.5 Å². The zero-order valence-electron chi connectivity index (χ0n) is 12.4. The Morgan fingerprint density at radius 2 is 2.36 bits per heavy atom. The molecule has 22 heavy (non-hydrogen) atoms. The van der Waals surface area contributed by atoms with Gasteiger partial charge in [0.25, 0.3) is 0 Å². The average Bonchev–Trinajstić information content (AvgIpc) is 2.90. The second-order valence-corrected chi connectivity index (χ2v) is 6.12. The highest BCUT2D eigenvalue weighted by atomic mass is 35.5. The summed E-state index contributed by atoms with van der Waals surface area (Å²) >= 11 is 6.23. The SMILES string of the molecule is C[C@H](N)c1cc2cccc(Cl)c2nc1NC[C@@H]1CCC(=O)N1. The smallest absolute Gasteiger partial charge is 0.220 e. The standard InChI is InChI=1S/C16H19ClN4O/c1-9(18)12-7-10-3-2-4-13(17)15(10)21-16(12)19-8-11-5-6-14(22)20-11/h2-4,7,9,11H,5-6,8,18H2,1H3,(H,19,21)(H,20,22)/t9-,11-/m0/s1. The van der Waals surface area contributed by atoms with Gasteiger partial charge in [-0.05, 0) is 25.5 Å². The van der Waals surface area contributed by atoms with E-state index in [0.29, 0.717) is 18.0 Å². The van der Waals surface area contributed by atoms with Crippen molar-refractivity contribution in [3.8, 4) is 0 Å². The lowest BCUT2D eigenvalue weighted by Gasteiger charge is -2.17. The molecule has 4 N–H and O–H groups in total. The van der Waals surface area contributed by atoms with Gasteiger partial charge in [0.05, 0.1) is 10.5 Å². The Labute approximate surface area is 134 Å². The van der Waals surface area contributed by atoms with E-state index >= 15 is 0 Å². The highest BCUT2D eigenvalue weighted by Gasteiger charge is 2.21. The van der Waals surface area contributed by atoms with Gasteiger partial charge in [0, 0.05) is 36.0 Å². The number of carbonyl (C=O) groups excluding carboxylic acids is 1. The number of amides is 1. The molecule has 1 aliphatic heterocycles. The fraction of sp³-hybridized carbons (Fsp3) is 0.375. The summed E-state index contributed by atoms with van der Waals surface area (Å²) < 4.78 is 0. The first kappa shape index (κ1) is 15.1. The molecular weight excluding hydrogens is 300 g/mol. The van der Waals surface area contributed by atoms with Crippen LogP contribution in [0.5, 0.6) is 0 Å². The predicted octanol–water partition coefficient (Wildman–Crippen LogP) is 2.60. The Kier molecular flexibility index (Phi) is 4.18. The largest absolute Gasteiger partial charge is 0.368 e. The zero-order chi connectivity index (χ0) is 15.7. The number of hydrogen-bond donors (Lipinski definition) is 3. The van der Waals surface area contributed by atoms with E-state index < -0.39 is 0 Å². The molecule has 0 unspecified atom stereocenters. The van der Waals surface area contributed by atoms with E-state index in [1.54, 1.807) is 0 Å². The van der Waals surface area contributed by atoms with E-state index in [1.807, 2.05) is 31.2 Å². The second kappa shape index (κ2) is 6.10. The number of hydrogen-bond acceptors (Lipinski definition) is 4. The molecule has 1 aromatic heterocycles. The summed E-state index contributed by atoms with van der Waals surface area (Å²) in [7, 11) is 0. The highest BCUT2D eigenvalue weighted by molar-refractivity contribution is 6.35. The number of benzene rings is 1. The van der Waals surface area contributed by atoms with Gasteiger partial charge in [-0.3, -0.25) is 4.79 Å². The van der Waals surface area contributed by atoms with Crippen LogP contribution in [0.2, 0.25) is 5.02 Å². The van der Waals surface area contributed by atoms with E-state index in [1.165, 1.54) is 0 Å². The lowest BCUT2D eigenvalue weighted by atomic mass is 10.1. The molecule has 3 rings (SSSR count). The number of aromatic nitrogens is 1. The molecule has 1 fully saturated rings. The third kappa shape index (κ3) is 3.00. The Bertz CT molecular complexity index is 717. The van der Waals surface area contributed by atoms with Crippen molar-refractivity contribution in [3.05, 3.63) is 34.9 Å². The quantitative estimate of drug-likeness (QED) is 0.809. The number of nitrogens with zero attached hydrogens (tertiary/aromatic N) is 1. The molecule has 2 aromatic rings. The predicted molar refractivity (Wildman–Crippen MR) is 89.0 cm³/mol. The van der Waals surface area contributed by atoms with E-state index in [4.69, 9.17) is 17.3 Å². The van der Waals surface area contributed by atoms with Crippen LogP contribution in [-0.2, 0) is 4.79 Å². The molecule has 1 aromatic carbocycles. The Balaban J connectivity index is 1.90. The summed E-state index contributed by atoms with van der Waals surface area (Å²) in [5, 5.41) is 7.84. The number of rotatable bonds is 4. The Morgan fingerprint density at radius 3 is 3.05 bits per heavy atom. The summed E-state index contributed by atoms with van der Waals surface area (Å²) in [6.07, 6.45) is 1.43. The molecule has 1 aliphatic rings. The van der Waals surface area contributed by atoms with Gasteiger partial charge in [0.1, 0.15) is 5.82 Å². The first-order valence-electron chi connectivity index (χ1n) is 7.42. The second-order valence-electron chi connectivity index (χ2n) is 5.71. The summed E-state index contributed by atoms with van der Waals surface area (Å²) in [6, 6.07) is 7.71. The topological polar surface area (TPSA) is 80.0 Å². The molecule has 1 saturated heterocycles. The molecule has 0 spiro atoms.